The Bertz CT molecular complexity index is 635. The molecule has 0 spiro atoms. The molecule has 0 aromatic heterocycles. The summed E-state index contributed by atoms with van der Waals surface area (Å²) in [5, 5.41) is 20.9. The summed E-state index contributed by atoms with van der Waals surface area (Å²) >= 11 is 0. The summed E-state index contributed by atoms with van der Waals surface area (Å²) in [6, 6.07) is 8.61. The van der Waals surface area contributed by atoms with Crippen molar-refractivity contribution >= 4 is 0 Å². The van der Waals surface area contributed by atoms with Crippen molar-refractivity contribution < 1.29 is 5.11 Å². The van der Waals surface area contributed by atoms with Gasteiger partial charge in [0.1, 0.15) is 0 Å². The maximum atomic E-state index is 11.6. The van der Waals surface area contributed by atoms with Gasteiger partial charge in [-0.2, -0.15) is 5.26 Å². The number of fused-ring (bicyclic) bond motifs is 1. The van der Waals surface area contributed by atoms with Gasteiger partial charge in [0.25, 0.3) is 0 Å². The van der Waals surface area contributed by atoms with E-state index in [1.165, 1.54) is 17.5 Å². The van der Waals surface area contributed by atoms with E-state index in [0.29, 0.717) is 0 Å². The number of hydrogen-bond donors (Lipinski definition) is 1. The summed E-state index contributed by atoms with van der Waals surface area (Å²) in [7, 11) is 2.15. The van der Waals surface area contributed by atoms with E-state index in [1.54, 1.807) is 0 Å². The van der Waals surface area contributed by atoms with E-state index in [2.05, 4.69) is 30.1 Å². The van der Waals surface area contributed by atoms with Crippen LogP contribution in [0, 0.1) is 11.3 Å². The van der Waals surface area contributed by atoms with Crippen molar-refractivity contribution in [2.75, 3.05) is 13.6 Å². The number of aliphatic hydroxyl groups is 1. The van der Waals surface area contributed by atoms with Crippen molar-refractivity contribution in [3.8, 4) is 6.07 Å². The predicted molar refractivity (Wildman–Crippen MR) is 81.0 cm³/mol. The number of nitrogens with zero attached hydrogens (tertiary/aromatic N) is 2. The molecule has 0 amide bonds. The standard InChI is InChI=1S/C18H22N2O/c1-20-9-8-17-6-2-3-7-18(17,21)16(20)11-14-5-4-13(12-19)10-15(14)17/h4-5,10,16,21H,2-3,6-9,11H2,1H3/t16-,17?,18-/m1/s1. The summed E-state index contributed by atoms with van der Waals surface area (Å²) in [5.41, 5.74) is 2.61. The molecule has 1 N–H and O–H groups in total. The first-order valence-corrected chi connectivity index (χ1v) is 8.07. The van der Waals surface area contributed by atoms with E-state index in [-0.39, 0.29) is 11.5 Å². The highest BCUT2D eigenvalue weighted by Gasteiger charge is 2.62. The molecule has 4 rings (SSSR count). The third kappa shape index (κ3) is 1.55. The Labute approximate surface area is 126 Å². The molecule has 2 bridgehead atoms. The minimum atomic E-state index is -0.612. The summed E-state index contributed by atoms with van der Waals surface area (Å²) < 4.78 is 0. The third-order valence-electron chi connectivity index (χ3n) is 6.38. The molecule has 21 heavy (non-hydrogen) atoms. The maximum Gasteiger partial charge on any atom is 0.0991 e. The molecule has 1 aromatic carbocycles. The lowest BCUT2D eigenvalue weighted by Gasteiger charge is -2.63. The van der Waals surface area contributed by atoms with Crippen LogP contribution in [0.1, 0.15) is 48.8 Å². The van der Waals surface area contributed by atoms with E-state index < -0.39 is 5.60 Å². The minimum Gasteiger partial charge on any atom is -0.387 e. The number of piperidine rings is 1. The number of benzene rings is 1. The van der Waals surface area contributed by atoms with Crippen molar-refractivity contribution in [1.29, 1.82) is 5.26 Å². The molecule has 2 fully saturated rings. The number of rotatable bonds is 0. The number of likely N-dealkylation sites (N-methyl/N-ethyl adjacent to an activating group) is 1. The first-order valence-electron chi connectivity index (χ1n) is 8.07. The van der Waals surface area contributed by atoms with Gasteiger partial charge in [-0.3, -0.25) is 0 Å². The Morgan fingerprint density at radius 3 is 2.90 bits per heavy atom. The molecule has 1 heterocycles. The average Bonchev–Trinajstić information content (AvgIpc) is 2.50. The normalized spacial score (nSPS) is 38.2. The van der Waals surface area contributed by atoms with E-state index in [4.69, 9.17) is 0 Å². The minimum absolute atomic E-state index is 0.122. The van der Waals surface area contributed by atoms with Crippen molar-refractivity contribution in [3.05, 3.63) is 34.9 Å². The van der Waals surface area contributed by atoms with Crippen LogP contribution in [0.4, 0.5) is 0 Å². The van der Waals surface area contributed by atoms with Gasteiger partial charge in [0.05, 0.1) is 17.2 Å². The van der Waals surface area contributed by atoms with Crippen LogP contribution in [0.3, 0.4) is 0 Å². The lowest BCUT2D eigenvalue weighted by atomic mass is 9.49. The zero-order valence-electron chi connectivity index (χ0n) is 12.6. The van der Waals surface area contributed by atoms with Crippen LogP contribution < -0.4 is 0 Å². The molecule has 2 aliphatic carbocycles. The molecule has 1 unspecified atom stereocenters. The highest BCUT2D eigenvalue weighted by molar-refractivity contribution is 5.49. The van der Waals surface area contributed by atoms with Crippen molar-refractivity contribution in [2.45, 2.75) is 55.6 Å². The average molecular weight is 282 g/mol. The van der Waals surface area contributed by atoms with Crippen LogP contribution in [0.2, 0.25) is 0 Å². The molecule has 1 saturated carbocycles. The molecule has 1 aromatic rings. The molecule has 1 saturated heterocycles. The highest BCUT2D eigenvalue weighted by atomic mass is 16.3. The number of nitriles is 1. The quantitative estimate of drug-likeness (QED) is 0.794. The Morgan fingerprint density at radius 2 is 2.10 bits per heavy atom. The molecule has 3 atom stereocenters. The van der Waals surface area contributed by atoms with E-state index in [9.17, 15) is 10.4 Å². The van der Waals surface area contributed by atoms with Crippen LogP contribution in [0.25, 0.3) is 0 Å². The molecule has 3 heteroatoms. The molecule has 1 aliphatic heterocycles. The number of likely N-dealkylation sites (tertiary alicyclic amines) is 1. The summed E-state index contributed by atoms with van der Waals surface area (Å²) in [6.45, 7) is 1.04. The fraction of sp³-hybridized carbons (Fsp3) is 0.611. The Balaban J connectivity index is 1.96. The van der Waals surface area contributed by atoms with Gasteiger partial charge in [0.2, 0.25) is 0 Å². The van der Waals surface area contributed by atoms with Gasteiger partial charge >= 0.3 is 0 Å². The first kappa shape index (κ1) is 13.3. The van der Waals surface area contributed by atoms with Gasteiger partial charge in [-0.25, -0.2) is 0 Å². The van der Waals surface area contributed by atoms with Crippen molar-refractivity contribution in [1.82, 2.24) is 4.90 Å². The van der Waals surface area contributed by atoms with Crippen molar-refractivity contribution in [3.63, 3.8) is 0 Å². The second-order valence-electron chi connectivity index (χ2n) is 7.15. The largest absolute Gasteiger partial charge is 0.387 e. The zero-order chi connectivity index (χ0) is 14.7. The van der Waals surface area contributed by atoms with Crippen LogP contribution in [-0.4, -0.2) is 35.2 Å². The molecule has 3 nitrogen and oxygen atoms in total. The molecule has 3 aliphatic rings. The zero-order valence-corrected chi connectivity index (χ0v) is 12.6. The van der Waals surface area contributed by atoms with Gasteiger partial charge in [-0.15, -0.1) is 0 Å². The van der Waals surface area contributed by atoms with Crippen LogP contribution in [0.15, 0.2) is 18.2 Å². The maximum absolute atomic E-state index is 11.6. The highest BCUT2D eigenvalue weighted by Crippen LogP contribution is 2.57. The van der Waals surface area contributed by atoms with E-state index >= 15 is 0 Å². The Hall–Kier alpha value is -1.37. The summed E-state index contributed by atoms with van der Waals surface area (Å²) in [5.74, 6) is 0. The second-order valence-corrected chi connectivity index (χ2v) is 7.15. The monoisotopic (exact) mass is 282 g/mol. The Kier molecular flexibility index (Phi) is 2.73. The third-order valence-corrected chi connectivity index (χ3v) is 6.38. The van der Waals surface area contributed by atoms with Crippen LogP contribution in [0.5, 0.6) is 0 Å². The van der Waals surface area contributed by atoms with Gasteiger partial charge in [-0.1, -0.05) is 18.9 Å². The lowest BCUT2D eigenvalue weighted by molar-refractivity contribution is -0.160. The first-order chi connectivity index (χ1) is 10.1. The topological polar surface area (TPSA) is 47.3 Å². The van der Waals surface area contributed by atoms with Gasteiger partial charge in [0.15, 0.2) is 0 Å². The van der Waals surface area contributed by atoms with Gasteiger partial charge in [0, 0.05) is 11.5 Å². The summed E-state index contributed by atoms with van der Waals surface area (Å²) in [4.78, 5) is 2.35. The Morgan fingerprint density at radius 1 is 1.29 bits per heavy atom. The molecular weight excluding hydrogens is 260 g/mol. The lowest BCUT2D eigenvalue weighted by Crippen LogP contribution is -2.71. The van der Waals surface area contributed by atoms with Gasteiger partial charge < -0.3 is 10.0 Å². The smallest absolute Gasteiger partial charge is 0.0991 e. The number of hydrogen-bond acceptors (Lipinski definition) is 3. The summed E-state index contributed by atoms with van der Waals surface area (Å²) in [6.07, 6.45) is 6.20. The fourth-order valence-corrected chi connectivity index (χ4v) is 5.30. The molecular formula is C18H22N2O. The van der Waals surface area contributed by atoms with Crippen LogP contribution >= 0.6 is 0 Å². The predicted octanol–water partition coefficient (Wildman–Crippen LogP) is 2.36. The molecule has 110 valence electrons. The second kappa shape index (κ2) is 4.32. The van der Waals surface area contributed by atoms with Gasteiger partial charge in [-0.05, 0) is 62.5 Å². The van der Waals surface area contributed by atoms with E-state index in [0.717, 1.165) is 44.2 Å². The van der Waals surface area contributed by atoms with E-state index in [1.807, 2.05) is 6.07 Å². The van der Waals surface area contributed by atoms with Crippen LogP contribution in [-0.2, 0) is 11.8 Å². The van der Waals surface area contributed by atoms with Crippen molar-refractivity contribution in [2.24, 2.45) is 0 Å². The SMILES string of the molecule is CN1CCC23CCCC[C@@]2(O)[C@H]1Cc1ccc(C#N)cc13. The molecule has 0 radical (unpaired) electrons. The fourth-order valence-electron chi connectivity index (χ4n) is 5.30.